The van der Waals surface area contributed by atoms with Gasteiger partial charge in [0, 0.05) is 59.4 Å². The highest BCUT2D eigenvalue weighted by Gasteiger charge is 2.48. The number of fused-ring (bicyclic) bond motifs is 3. The summed E-state index contributed by atoms with van der Waals surface area (Å²) in [5.41, 5.74) is -4.17. The number of nitrogens with zero attached hydrogens (tertiary/aromatic N) is 12. The van der Waals surface area contributed by atoms with Crippen LogP contribution in [-0.2, 0) is 53.4 Å². The van der Waals surface area contributed by atoms with Crippen molar-refractivity contribution >= 4 is 33.5 Å². The Kier molecular flexibility index (Phi) is 8.47. The van der Waals surface area contributed by atoms with Crippen molar-refractivity contribution in [2.45, 2.75) is 85.4 Å². The Morgan fingerprint density at radius 3 is 1.11 bits per heavy atom. The van der Waals surface area contributed by atoms with Gasteiger partial charge in [0.05, 0.1) is 19.0 Å². The highest BCUT2D eigenvalue weighted by Crippen LogP contribution is 2.53. The summed E-state index contributed by atoms with van der Waals surface area (Å²) in [6.45, 7) is 16.4. The van der Waals surface area contributed by atoms with Crippen molar-refractivity contribution in [3.05, 3.63) is 81.5 Å². The fraction of sp³-hybridized carbons (Fsp3) is 0.583. The zero-order valence-corrected chi connectivity index (χ0v) is 33.5. The largest absolute Gasteiger partial charge is 0.332 e. The minimum atomic E-state index is -0.766. The van der Waals surface area contributed by atoms with Gasteiger partial charge in [-0.25, -0.2) is 29.3 Å². The molecule has 0 atom stereocenters. The zero-order chi connectivity index (χ0) is 40.4. The molecule has 0 radical (unpaired) electrons. The van der Waals surface area contributed by atoms with E-state index >= 15 is 0 Å². The summed E-state index contributed by atoms with van der Waals surface area (Å²) in [6, 6.07) is -0.497. The maximum absolute atomic E-state index is 14.0. The maximum Gasteiger partial charge on any atom is 0.332 e. The van der Waals surface area contributed by atoms with Crippen LogP contribution in [0.15, 0.2) is 47.7 Å². The van der Waals surface area contributed by atoms with Crippen LogP contribution in [0.3, 0.4) is 0 Å². The van der Waals surface area contributed by atoms with Crippen LogP contribution in [0.1, 0.15) is 74.3 Å². The van der Waals surface area contributed by atoms with Gasteiger partial charge in [0.2, 0.25) is 0 Å². The van der Waals surface area contributed by atoms with Gasteiger partial charge < -0.3 is 13.7 Å². The van der Waals surface area contributed by atoms with E-state index in [1.165, 1.54) is 34.8 Å². The minimum Gasteiger partial charge on any atom is -0.321 e. The fourth-order valence-electron chi connectivity index (χ4n) is 9.57. The summed E-state index contributed by atoms with van der Waals surface area (Å²) in [4.78, 5) is 93.2. The average molecular weight is 747 g/mol. The molecule has 0 spiro atoms. The second-order valence-corrected chi connectivity index (χ2v) is 17.4. The van der Waals surface area contributed by atoms with Gasteiger partial charge in [-0.2, -0.15) is 0 Å². The van der Waals surface area contributed by atoms with Crippen molar-refractivity contribution < 1.29 is 0 Å². The molecule has 0 aliphatic carbocycles. The molecule has 0 aromatic carbocycles. The van der Waals surface area contributed by atoms with Crippen LogP contribution < -0.4 is 33.7 Å². The summed E-state index contributed by atoms with van der Waals surface area (Å²) in [5.74, 6) is 0. The van der Waals surface area contributed by atoms with E-state index in [4.69, 9.17) is 0 Å². The van der Waals surface area contributed by atoms with Crippen molar-refractivity contribution in [3.63, 3.8) is 0 Å². The first-order chi connectivity index (χ1) is 24.8. The highest BCUT2D eigenvalue weighted by atomic mass is 16.2. The average Bonchev–Trinajstić information content (AvgIpc) is 3.83. The standard InChI is InChI=1S/C36H50N12O6/c1-33(2,15-35(5,6)47-18-38-24-21(47)27(50)44(13)31(53)41(24)10)29(46-17-37-23-20(46)26(49)43(12)30(52)40(23)9)34(3,4)16-36(7,8)48-19-39-25-22(48)28(51)45(14)32(54)42(25)11/h17-19,29H,15-16H2,1-14H3. The molecule has 0 saturated carbocycles. The topological polar surface area (TPSA) is 185 Å². The summed E-state index contributed by atoms with van der Waals surface area (Å²) in [6.07, 6.45) is 5.65. The lowest BCUT2D eigenvalue weighted by Crippen LogP contribution is -2.47. The number of imidazole rings is 3. The Morgan fingerprint density at radius 2 is 0.759 bits per heavy atom. The second-order valence-electron chi connectivity index (χ2n) is 17.4. The van der Waals surface area contributed by atoms with Crippen LogP contribution in [0.5, 0.6) is 0 Å². The number of aryl methyl sites for hydroxylation is 3. The third kappa shape index (κ3) is 5.39. The van der Waals surface area contributed by atoms with Crippen LogP contribution in [0.4, 0.5) is 0 Å². The Bertz CT molecular complexity index is 2750. The molecule has 6 rings (SSSR count). The van der Waals surface area contributed by atoms with Crippen molar-refractivity contribution in [3.8, 4) is 0 Å². The zero-order valence-electron chi connectivity index (χ0n) is 33.5. The van der Waals surface area contributed by atoms with Crippen molar-refractivity contribution in [2.24, 2.45) is 53.1 Å². The molecule has 54 heavy (non-hydrogen) atoms. The van der Waals surface area contributed by atoms with Gasteiger partial charge >= 0.3 is 17.1 Å². The van der Waals surface area contributed by atoms with Crippen LogP contribution in [0.2, 0.25) is 0 Å². The molecule has 0 bridgehead atoms. The Balaban J connectivity index is 1.56. The number of rotatable bonds is 9. The first kappa shape index (κ1) is 38.2. The molecule has 0 N–H and O–H groups in total. The van der Waals surface area contributed by atoms with Gasteiger partial charge in [-0.05, 0) is 51.4 Å². The molecule has 0 fully saturated rings. The second kappa shape index (κ2) is 12.0. The van der Waals surface area contributed by atoms with E-state index < -0.39 is 61.7 Å². The third-order valence-corrected chi connectivity index (χ3v) is 11.3. The molecule has 6 aromatic rings. The first-order valence-corrected chi connectivity index (χ1v) is 17.7. The van der Waals surface area contributed by atoms with E-state index in [1.807, 2.05) is 41.4 Å². The lowest BCUT2D eigenvalue weighted by molar-refractivity contribution is 0.0227. The van der Waals surface area contributed by atoms with E-state index in [1.54, 1.807) is 40.1 Å². The molecule has 18 nitrogen and oxygen atoms in total. The van der Waals surface area contributed by atoms with Crippen LogP contribution in [-0.4, -0.2) is 56.1 Å². The Labute approximate surface area is 309 Å². The van der Waals surface area contributed by atoms with E-state index in [0.717, 1.165) is 13.7 Å². The third-order valence-electron chi connectivity index (χ3n) is 11.3. The lowest BCUT2D eigenvalue weighted by Gasteiger charge is -2.50. The molecular formula is C36H50N12O6. The molecule has 6 heterocycles. The molecule has 0 saturated heterocycles. The normalized spacial score (nSPS) is 13.4. The van der Waals surface area contributed by atoms with Crippen molar-refractivity contribution in [1.82, 2.24) is 56.1 Å². The monoisotopic (exact) mass is 746 g/mol. The molecule has 6 aromatic heterocycles. The van der Waals surface area contributed by atoms with E-state index in [0.29, 0.717) is 12.8 Å². The van der Waals surface area contributed by atoms with Crippen LogP contribution >= 0.6 is 0 Å². The Hall–Kier alpha value is -5.55. The Morgan fingerprint density at radius 1 is 0.463 bits per heavy atom. The summed E-state index contributed by atoms with van der Waals surface area (Å²) >= 11 is 0. The van der Waals surface area contributed by atoms with Crippen molar-refractivity contribution in [2.75, 3.05) is 0 Å². The van der Waals surface area contributed by atoms with Gasteiger partial charge in [-0.3, -0.25) is 41.8 Å². The van der Waals surface area contributed by atoms with Crippen LogP contribution in [0.25, 0.3) is 33.5 Å². The predicted octanol–water partition coefficient (Wildman–Crippen LogP) is 1.17. The molecule has 0 unspecified atom stereocenters. The SMILES string of the molecule is Cn1c(=O)c2c(ncn2C(C(C)(C)CC(C)(C)n2cnc3c2c(=O)n(C)c(=O)n3C)C(C)(C)CC(C)(C)n2cnc3c2c(=O)n(C)c(=O)n3C)n(C)c1=O. The quantitative estimate of drug-likeness (QED) is 0.210. The molecule has 0 aliphatic rings. The molecule has 18 heteroatoms. The van der Waals surface area contributed by atoms with E-state index in [9.17, 15) is 28.8 Å². The maximum atomic E-state index is 14.0. The molecule has 0 amide bonds. The van der Waals surface area contributed by atoms with Gasteiger partial charge in [0.15, 0.2) is 33.5 Å². The predicted molar refractivity (Wildman–Crippen MR) is 205 cm³/mol. The summed E-state index contributed by atoms with van der Waals surface area (Å²) < 4.78 is 12.8. The first-order valence-electron chi connectivity index (χ1n) is 17.7. The number of aromatic nitrogens is 12. The smallest absolute Gasteiger partial charge is 0.321 e. The summed E-state index contributed by atoms with van der Waals surface area (Å²) in [5, 5.41) is 0. The summed E-state index contributed by atoms with van der Waals surface area (Å²) in [7, 11) is 9.06. The lowest BCUT2D eigenvalue weighted by atomic mass is 9.62. The van der Waals surface area contributed by atoms with Gasteiger partial charge in [-0.15, -0.1) is 0 Å². The van der Waals surface area contributed by atoms with E-state index in [-0.39, 0.29) is 33.5 Å². The van der Waals surface area contributed by atoms with Gasteiger partial charge in [0.25, 0.3) is 16.7 Å². The minimum absolute atomic E-state index is 0.244. The molecule has 290 valence electrons. The number of hydrogen-bond donors (Lipinski definition) is 0. The number of hydrogen-bond acceptors (Lipinski definition) is 9. The highest BCUT2D eigenvalue weighted by molar-refractivity contribution is 5.72. The van der Waals surface area contributed by atoms with E-state index in [2.05, 4.69) is 42.6 Å². The molecular weight excluding hydrogens is 696 g/mol. The van der Waals surface area contributed by atoms with Crippen LogP contribution in [0, 0.1) is 10.8 Å². The van der Waals surface area contributed by atoms with Gasteiger partial charge in [0.1, 0.15) is 0 Å². The van der Waals surface area contributed by atoms with Crippen molar-refractivity contribution in [1.29, 1.82) is 0 Å². The molecule has 0 aliphatic heterocycles. The van der Waals surface area contributed by atoms with Gasteiger partial charge in [-0.1, -0.05) is 27.7 Å². The fourth-order valence-corrected chi connectivity index (χ4v) is 9.57.